The minimum atomic E-state index is 0.219. The topological polar surface area (TPSA) is 47.6 Å². The maximum absolute atomic E-state index is 5.91. The zero-order valence-electron chi connectivity index (χ0n) is 12.3. The number of allylic oxidation sites excluding steroid dienone is 1. The Hall–Kier alpha value is -0.830. The number of nitrogens with two attached hydrogens (primary N) is 1. The van der Waals surface area contributed by atoms with Crippen molar-refractivity contribution < 1.29 is 4.74 Å². The van der Waals surface area contributed by atoms with Crippen molar-refractivity contribution in [2.24, 2.45) is 16.1 Å². The Morgan fingerprint density at radius 1 is 1.50 bits per heavy atom. The first kappa shape index (κ1) is 15.2. The molecule has 1 aliphatic carbocycles. The normalized spacial score (nSPS) is 30.3. The number of ether oxygens (including phenoxy) is 1. The molecule has 3 nitrogen and oxygen atoms in total. The van der Waals surface area contributed by atoms with Gasteiger partial charge in [0.2, 0.25) is 0 Å². The van der Waals surface area contributed by atoms with Crippen molar-refractivity contribution in [3.8, 4) is 0 Å². The van der Waals surface area contributed by atoms with Crippen LogP contribution in [0.3, 0.4) is 0 Å². The molecule has 0 radical (unpaired) electrons. The lowest BCUT2D eigenvalue weighted by atomic mass is 9.64. The van der Waals surface area contributed by atoms with Gasteiger partial charge in [-0.1, -0.05) is 26.8 Å². The Morgan fingerprint density at radius 2 is 2.17 bits per heavy atom. The average molecular weight is 252 g/mol. The monoisotopic (exact) mass is 252 g/mol. The molecule has 0 aliphatic heterocycles. The molecule has 1 aliphatic rings. The molecule has 1 fully saturated rings. The van der Waals surface area contributed by atoms with Gasteiger partial charge >= 0.3 is 0 Å². The lowest BCUT2D eigenvalue weighted by molar-refractivity contribution is 0.0544. The molecule has 0 spiro atoms. The maximum atomic E-state index is 5.91. The van der Waals surface area contributed by atoms with E-state index in [1.165, 1.54) is 0 Å². The van der Waals surface area contributed by atoms with Crippen LogP contribution in [0.2, 0.25) is 0 Å². The van der Waals surface area contributed by atoms with Crippen molar-refractivity contribution in [3.63, 3.8) is 0 Å². The van der Waals surface area contributed by atoms with Gasteiger partial charge in [0.15, 0.2) is 5.90 Å². The summed E-state index contributed by atoms with van der Waals surface area (Å²) in [7, 11) is 0. The van der Waals surface area contributed by atoms with E-state index in [2.05, 4.69) is 32.7 Å². The van der Waals surface area contributed by atoms with E-state index < -0.39 is 0 Å². The molecule has 0 aromatic heterocycles. The molecule has 1 saturated carbocycles. The summed E-state index contributed by atoms with van der Waals surface area (Å²) in [6.45, 7) is 8.61. The number of aliphatic imine (C=N–C) groups is 1. The van der Waals surface area contributed by atoms with Gasteiger partial charge in [-0.15, -0.1) is 0 Å². The predicted molar refractivity (Wildman–Crippen MR) is 77.6 cm³/mol. The standard InChI is InChI=1S/C15H28N2O/c1-5-7-8-17-14(6-2)18-12(3)9-15(4)10-13(16)11-15/h7-8,12-13H,5-6,9-11,16H2,1-4H3/b8-7-,17-14+. The van der Waals surface area contributed by atoms with E-state index in [1.54, 1.807) is 0 Å². The smallest absolute Gasteiger partial charge is 0.187 e. The van der Waals surface area contributed by atoms with Gasteiger partial charge in [-0.2, -0.15) is 0 Å². The fourth-order valence-corrected chi connectivity index (χ4v) is 2.79. The summed E-state index contributed by atoms with van der Waals surface area (Å²) in [5, 5.41) is 0. The zero-order valence-corrected chi connectivity index (χ0v) is 12.3. The Morgan fingerprint density at radius 3 is 2.67 bits per heavy atom. The van der Waals surface area contributed by atoms with Gasteiger partial charge in [-0.25, -0.2) is 4.99 Å². The van der Waals surface area contributed by atoms with Crippen LogP contribution in [0.25, 0.3) is 0 Å². The van der Waals surface area contributed by atoms with Crippen LogP contribution in [0.5, 0.6) is 0 Å². The molecule has 18 heavy (non-hydrogen) atoms. The van der Waals surface area contributed by atoms with Crippen LogP contribution in [-0.2, 0) is 4.74 Å². The van der Waals surface area contributed by atoms with Crippen molar-refractivity contribution in [2.45, 2.75) is 71.9 Å². The second-order valence-electron chi connectivity index (χ2n) is 5.78. The van der Waals surface area contributed by atoms with E-state index in [0.29, 0.717) is 11.5 Å². The summed E-state index contributed by atoms with van der Waals surface area (Å²) in [6, 6.07) is 0.397. The number of nitrogens with zero attached hydrogens (tertiary/aromatic N) is 1. The van der Waals surface area contributed by atoms with Crippen LogP contribution in [0.4, 0.5) is 0 Å². The van der Waals surface area contributed by atoms with Crippen molar-refractivity contribution in [3.05, 3.63) is 12.3 Å². The third kappa shape index (κ3) is 4.81. The summed E-state index contributed by atoms with van der Waals surface area (Å²) in [5.41, 5.74) is 6.24. The fraction of sp³-hybridized carbons (Fsp3) is 0.800. The van der Waals surface area contributed by atoms with E-state index in [1.807, 2.05) is 12.3 Å². The fourth-order valence-electron chi connectivity index (χ4n) is 2.79. The Kier molecular flexibility index (Phi) is 5.86. The quantitative estimate of drug-likeness (QED) is 0.579. The summed E-state index contributed by atoms with van der Waals surface area (Å²) in [5.74, 6) is 0.833. The van der Waals surface area contributed by atoms with Gasteiger partial charge < -0.3 is 10.5 Å². The molecule has 0 aromatic rings. The van der Waals surface area contributed by atoms with Crippen LogP contribution < -0.4 is 5.73 Å². The molecule has 0 saturated heterocycles. The van der Waals surface area contributed by atoms with Gasteiger partial charge in [-0.05, 0) is 38.0 Å². The molecular weight excluding hydrogens is 224 g/mol. The average Bonchev–Trinajstić information content (AvgIpc) is 2.25. The minimum Gasteiger partial charge on any atom is -0.478 e. The molecule has 0 amide bonds. The molecule has 3 heteroatoms. The van der Waals surface area contributed by atoms with Gasteiger partial charge in [0, 0.05) is 18.7 Å². The highest BCUT2D eigenvalue weighted by Crippen LogP contribution is 2.43. The molecule has 104 valence electrons. The molecule has 1 atom stereocenters. The zero-order chi connectivity index (χ0) is 13.6. The van der Waals surface area contributed by atoms with Crippen LogP contribution in [0.15, 0.2) is 17.3 Å². The highest BCUT2D eigenvalue weighted by atomic mass is 16.5. The third-order valence-electron chi connectivity index (χ3n) is 3.49. The van der Waals surface area contributed by atoms with E-state index >= 15 is 0 Å². The second-order valence-corrected chi connectivity index (χ2v) is 5.78. The lowest BCUT2D eigenvalue weighted by Crippen LogP contribution is -2.45. The van der Waals surface area contributed by atoms with E-state index in [9.17, 15) is 0 Å². The molecule has 0 aromatic carbocycles. The van der Waals surface area contributed by atoms with E-state index in [4.69, 9.17) is 10.5 Å². The number of hydrogen-bond acceptors (Lipinski definition) is 3. The molecule has 0 bridgehead atoms. The first-order valence-electron chi connectivity index (χ1n) is 7.13. The highest BCUT2D eigenvalue weighted by molar-refractivity contribution is 5.76. The molecule has 0 heterocycles. The number of rotatable bonds is 6. The molecule has 1 rings (SSSR count). The Bertz CT molecular complexity index is 304. The van der Waals surface area contributed by atoms with Crippen molar-refractivity contribution in [1.29, 1.82) is 0 Å². The summed E-state index contributed by atoms with van der Waals surface area (Å²) in [4.78, 5) is 4.35. The SMILES string of the molecule is CC/C=C\N=C(/CC)OC(C)CC1(C)CC(N)C1. The second kappa shape index (κ2) is 6.93. The Labute approximate surface area is 112 Å². The summed E-state index contributed by atoms with van der Waals surface area (Å²) < 4.78 is 5.91. The largest absolute Gasteiger partial charge is 0.478 e. The molecular formula is C15H28N2O. The summed E-state index contributed by atoms with van der Waals surface area (Å²) in [6.07, 6.45) is 9.25. The van der Waals surface area contributed by atoms with Gasteiger partial charge in [0.05, 0.1) is 6.10 Å². The lowest BCUT2D eigenvalue weighted by Gasteiger charge is -2.44. The van der Waals surface area contributed by atoms with Crippen molar-refractivity contribution in [1.82, 2.24) is 0 Å². The van der Waals surface area contributed by atoms with Gasteiger partial charge in [0.1, 0.15) is 0 Å². The molecule has 2 N–H and O–H groups in total. The van der Waals surface area contributed by atoms with Gasteiger partial charge in [-0.3, -0.25) is 0 Å². The first-order valence-corrected chi connectivity index (χ1v) is 7.13. The summed E-state index contributed by atoms with van der Waals surface area (Å²) >= 11 is 0. The molecule has 1 unspecified atom stereocenters. The van der Waals surface area contributed by atoms with Crippen LogP contribution in [0.1, 0.15) is 59.8 Å². The third-order valence-corrected chi connectivity index (χ3v) is 3.49. The maximum Gasteiger partial charge on any atom is 0.187 e. The van der Waals surface area contributed by atoms with Crippen molar-refractivity contribution >= 4 is 5.90 Å². The highest BCUT2D eigenvalue weighted by Gasteiger charge is 2.39. The van der Waals surface area contributed by atoms with Gasteiger partial charge in [0.25, 0.3) is 0 Å². The van der Waals surface area contributed by atoms with Crippen LogP contribution in [-0.4, -0.2) is 18.0 Å². The van der Waals surface area contributed by atoms with Crippen LogP contribution >= 0.6 is 0 Å². The minimum absolute atomic E-state index is 0.219. The Balaban J connectivity index is 2.40. The predicted octanol–water partition coefficient (Wildman–Crippen LogP) is 3.64. The van der Waals surface area contributed by atoms with E-state index in [-0.39, 0.29) is 6.10 Å². The first-order chi connectivity index (χ1) is 8.49. The van der Waals surface area contributed by atoms with E-state index in [0.717, 1.165) is 38.0 Å². The van der Waals surface area contributed by atoms with Crippen molar-refractivity contribution in [2.75, 3.05) is 0 Å². The van der Waals surface area contributed by atoms with Crippen LogP contribution in [0, 0.1) is 5.41 Å². The number of hydrogen-bond donors (Lipinski definition) is 1.